The van der Waals surface area contributed by atoms with Crippen LogP contribution in [0.5, 0.6) is 17.2 Å². The van der Waals surface area contributed by atoms with Crippen molar-refractivity contribution in [2.24, 2.45) is 0 Å². The van der Waals surface area contributed by atoms with Gasteiger partial charge in [0.05, 0.1) is 31.9 Å². The van der Waals surface area contributed by atoms with Crippen LogP contribution in [0.1, 0.15) is 42.1 Å². The van der Waals surface area contributed by atoms with E-state index in [0.29, 0.717) is 39.6 Å². The van der Waals surface area contributed by atoms with E-state index < -0.39 is 17.7 Å². The number of anilines is 1. The Kier molecular flexibility index (Phi) is 7.25. The lowest BCUT2D eigenvalue weighted by molar-refractivity contribution is -0.132. The van der Waals surface area contributed by atoms with E-state index in [-0.39, 0.29) is 17.4 Å². The number of ketones is 1. The Morgan fingerprint density at radius 1 is 0.892 bits per heavy atom. The van der Waals surface area contributed by atoms with Crippen molar-refractivity contribution in [3.05, 3.63) is 88.5 Å². The highest BCUT2D eigenvalue weighted by molar-refractivity contribution is 6.51. The number of hydrogen-bond donors (Lipinski definition) is 1. The molecule has 1 heterocycles. The van der Waals surface area contributed by atoms with Gasteiger partial charge in [-0.25, -0.2) is 0 Å². The van der Waals surface area contributed by atoms with Gasteiger partial charge >= 0.3 is 0 Å². The summed E-state index contributed by atoms with van der Waals surface area (Å²) in [6, 6.07) is 16.8. The molecule has 1 aliphatic heterocycles. The number of Topliss-reactive ketones (excluding diaryl/α,β-unsaturated/α-hetero) is 1. The lowest BCUT2D eigenvalue weighted by Crippen LogP contribution is -2.29. The molecule has 0 bridgehead atoms. The van der Waals surface area contributed by atoms with Gasteiger partial charge in [-0.3, -0.25) is 14.5 Å². The number of rotatable bonds is 7. The summed E-state index contributed by atoms with van der Waals surface area (Å²) in [5.41, 5.74) is 3.02. The fraction of sp³-hybridized carbons (Fsp3) is 0.267. The highest BCUT2D eigenvalue weighted by Gasteiger charge is 2.48. The second-order valence-electron chi connectivity index (χ2n) is 9.21. The van der Waals surface area contributed by atoms with Crippen LogP contribution in [0.15, 0.2) is 66.2 Å². The zero-order valence-corrected chi connectivity index (χ0v) is 21.9. The van der Waals surface area contributed by atoms with Gasteiger partial charge in [-0.05, 0) is 81.3 Å². The van der Waals surface area contributed by atoms with Crippen molar-refractivity contribution in [2.45, 2.75) is 39.8 Å². The third-order valence-electron chi connectivity index (χ3n) is 6.36. The largest absolute Gasteiger partial charge is 0.507 e. The number of benzene rings is 3. The van der Waals surface area contributed by atoms with Gasteiger partial charge in [0.15, 0.2) is 0 Å². The van der Waals surface area contributed by atoms with Crippen LogP contribution in [0, 0.1) is 13.8 Å². The van der Waals surface area contributed by atoms with Gasteiger partial charge in [0.2, 0.25) is 0 Å². The molecule has 0 aliphatic carbocycles. The Morgan fingerprint density at radius 2 is 1.54 bits per heavy atom. The number of hydrogen-bond acceptors (Lipinski definition) is 6. The molecule has 1 amide bonds. The average Bonchev–Trinajstić information content (AvgIpc) is 3.14. The van der Waals surface area contributed by atoms with Gasteiger partial charge in [0.25, 0.3) is 11.7 Å². The molecule has 0 spiro atoms. The highest BCUT2D eigenvalue weighted by atomic mass is 16.5. The summed E-state index contributed by atoms with van der Waals surface area (Å²) in [4.78, 5) is 28.4. The molecule has 1 fully saturated rings. The van der Waals surface area contributed by atoms with Crippen LogP contribution in [0.25, 0.3) is 5.76 Å². The van der Waals surface area contributed by atoms with Crippen LogP contribution < -0.4 is 19.1 Å². The van der Waals surface area contributed by atoms with Crippen LogP contribution in [0.4, 0.5) is 5.69 Å². The van der Waals surface area contributed by atoms with E-state index in [0.717, 1.165) is 5.56 Å². The van der Waals surface area contributed by atoms with Crippen LogP contribution in [0.2, 0.25) is 0 Å². The number of ether oxygens (including phenoxy) is 3. The Morgan fingerprint density at radius 3 is 2.16 bits per heavy atom. The van der Waals surface area contributed by atoms with Gasteiger partial charge in [-0.1, -0.05) is 18.2 Å². The molecule has 192 valence electrons. The van der Waals surface area contributed by atoms with E-state index in [4.69, 9.17) is 14.2 Å². The second-order valence-corrected chi connectivity index (χ2v) is 9.21. The van der Waals surface area contributed by atoms with Gasteiger partial charge < -0.3 is 19.3 Å². The molecule has 0 radical (unpaired) electrons. The highest BCUT2D eigenvalue weighted by Crippen LogP contribution is 2.45. The zero-order chi connectivity index (χ0) is 26.9. The predicted octanol–water partition coefficient (Wildman–Crippen LogP) is 5.73. The Hall–Kier alpha value is -4.26. The number of nitrogens with zero attached hydrogens (tertiary/aromatic N) is 1. The minimum absolute atomic E-state index is 0.00940. The second kappa shape index (κ2) is 10.4. The van der Waals surface area contributed by atoms with Crippen molar-refractivity contribution in [3.8, 4) is 17.2 Å². The summed E-state index contributed by atoms with van der Waals surface area (Å²) < 4.78 is 16.7. The third kappa shape index (κ3) is 4.77. The van der Waals surface area contributed by atoms with Crippen molar-refractivity contribution >= 4 is 23.1 Å². The predicted molar refractivity (Wildman–Crippen MR) is 142 cm³/mol. The third-order valence-corrected chi connectivity index (χ3v) is 6.36. The maximum atomic E-state index is 13.5. The molecule has 1 N–H and O–H groups in total. The van der Waals surface area contributed by atoms with E-state index in [1.54, 1.807) is 61.7 Å². The number of para-hydroxylation sites is 1. The van der Waals surface area contributed by atoms with E-state index >= 15 is 0 Å². The monoisotopic (exact) mass is 501 g/mol. The van der Waals surface area contributed by atoms with Crippen LogP contribution in [-0.2, 0) is 9.59 Å². The molecule has 7 nitrogen and oxygen atoms in total. The maximum absolute atomic E-state index is 13.5. The van der Waals surface area contributed by atoms with Crippen molar-refractivity contribution < 1.29 is 28.9 Å². The minimum Gasteiger partial charge on any atom is -0.507 e. The number of amides is 1. The summed E-state index contributed by atoms with van der Waals surface area (Å²) >= 11 is 0. The van der Waals surface area contributed by atoms with Crippen molar-refractivity contribution in [1.29, 1.82) is 0 Å². The first-order chi connectivity index (χ1) is 17.7. The molecular weight excluding hydrogens is 470 g/mol. The van der Waals surface area contributed by atoms with E-state index in [1.807, 2.05) is 33.8 Å². The molecule has 0 saturated carbocycles. The van der Waals surface area contributed by atoms with Crippen molar-refractivity contribution in [3.63, 3.8) is 0 Å². The maximum Gasteiger partial charge on any atom is 0.300 e. The quantitative estimate of drug-likeness (QED) is 0.253. The first-order valence-electron chi connectivity index (χ1n) is 12.0. The SMILES string of the molecule is COc1cc(C)c(/C(O)=C2\C(=O)C(=O)N(c3ccc(OC(C)C)cc3)C2c2ccccc2OC)cc1C. The number of aryl methyl sites for hydroxylation is 2. The van der Waals surface area contributed by atoms with E-state index in [9.17, 15) is 14.7 Å². The summed E-state index contributed by atoms with van der Waals surface area (Å²) in [7, 11) is 3.10. The van der Waals surface area contributed by atoms with E-state index in [1.165, 1.54) is 12.0 Å². The topological polar surface area (TPSA) is 85.3 Å². The number of aliphatic hydroxyl groups excluding tert-OH is 1. The molecular formula is C30H31NO6. The van der Waals surface area contributed by atoms with Gasteiger partial charge in [-0.2, -0.15) is 0 Å². The number of methoxy groups -OCH3 is 2. The molecule has 1 unspecified atom stereocenters. The molecule has 0 aromatic heterocycles. The fourth-order valence-electron chi connectivity index (χ4n) is 4.65. The Bertz CT molecular complexity index is 1370. The molecule has 7 heteroatoms. The molecule has 3 aromatic carbocycles. The number of carbonyl (C=O) groups excluding carboxylic acids is 2. The fourth-order valence-corrected chi connectivity index (χ4v) is 4.65. The summed E-state index contributed by atoms with van der Waals surface area (Å²) in [6.45, 7) is 7.53. The van der Waals surface area contributed by atoms with E-state index in [2.05, 4.69) is 0 Å². The van der Waals surface area contributed by atoms with Crippen LogP contribution in [0.3, 0.4) is 0 Å². The normalized spacial score (nSPS) is 16.8. The Labute approximate surface area is 216 Å². The zero-order valence-electron chi connectivity index (χ0n) is 21.9. The summed E-state index contributed by atoms with van der Waals surface area (Å²) in [5, 5.41) is 11.6. The lowest BCUT2D eigenvalue weighted by atomic mass is 9.92. The van der Waals surface area contributed by atoms with Crippen LogP contribution in [-0.4, -0.2) is 37.1 Å². The van der Waals surface area contributed by atoms with Gasteiger partial charge in [0, 0.05) is 16.8 Å². The lowest BCUT2D eigenvalue weighted by Gasteiger charge is -2.27. The smallest absolute Gasteiger partial charge is 0.300 e. The van der Waals surface area contributed by atoms with Gasteiger partial charge in [0.1, 0.15) is 23.0 Å². The average molecular weight is 502 g/mol. The molecule has 4 rings (SSSR count). The summed E-state index contributed by atoms with van der Waals surface area (Å²) in [6.07, 6.45) is -0.00940. The summed E-state index contributed by atoms with van der Waals surface area (Å²) in [5.74, 6) is 0.0436. The standard InChI is InChI=1S/C30H31NO6/c1-17(2)37-21-13-11-20(12-14-21)31-27(22-9-7-8-10-24(22)35-5)26(29(33)30(31)34)28(32)23-15-19(4)25(36-6)16-18(23)3/h7-17,27,32H,1-6H3/b28-26+. The van der Waals surface area contributed by atoms with Gasteiger partial charge in [-0.15, -0.1) is 0 Å². The molecule has 3 aromatic rings. The van der Waals surface area contributed by atoms with Crippen LogP contribution >= 0.6 is 0 Å². The molecule has 37 heavy (non-hydrogen) atoms. The minimum atomic E-state index is -0.908. The Balaban J connectivity index is 1.94. The molecule has 1 aliphatic rings. The molecule has 1 saturated heterocycles. The number of carbonyl (C=O) groups is 2. The first kappa shape index (κ1) is 25.8. The molecule has 1 atom stereocenters. The van der Waals surface area contributed by atoms with Crippen molar-refractivity contribution in [2.75, 3.05) is 19.1 Å². The van der Waals surface area contributed by atoms with Crippen molar-refractivity contribution in [1.82, 2.24) is 0 Å². The number of aliphatic hydroxyl groups is 1. The first-order valence-corrected chi connectivity index (χ1v) is 12.0.